The molecule has 0 spiro atoms. The first-order chi connectivity index (χ1) is 10.7. The minimum atomic E-state index is -0.375. The van der Waals surface area contributed by atoms with Gasteiger partial charge in [0.25, 0.3) is 0 Å². The predicted octanol–water partition coefficient (Wildman–Crippen LogP) is 4.40. The van der Waals surface area contributed by atoms with E-state index >= 15 is 0 Å². The van der Waals surface area contributed by atoms with Crippen LogP contribution in [0.25, 0.3) is 0 Å². The highest BCUT2D eigenvalue weighted by atomic mass is 19.1. The number of esters is 1. The fourth-order valence-corrected chi connectivity index (χ4v) is 2.81. The molecule has 0 saturated heterocycles. The zero-order valence-electron chi connectivity index (χ0n) is 12.5. The smallest absolute Gasteiger partial charge is 0.338 e. The summed E-state index contributed by atoms with van der Waals surface area (Å²) in [5, 5.41) is 8.42. The zero-order valence-corrected chi connectivity index (χ0v) is 12.5. The summed E-state index contributed by atoms with van der Waals surface area (Å²) in [6.45, 7) is 0. The quantitative estimate of drug-likeness (QED) is 0.598. The molecular formula is C18H20FNO2. The van der Waals surface area contributed by atoms with Crippen molar-refractivity contribution in [3.8, 4) is 6.07 Å². The summed E-state index contributed by atoms with van der Waals surface area (Å²) in [5.74, 6) is -0.0907. The molecule has 1 fully saturated rings. The van der Waals surface area contributed by atoms with Crippen LogP contribution in [0.5, 0.6) is 0 Å². The van der Waals surface area contributed by atoms with Crippen molar-refractivity contribution in [3.05, 3.63) is 47.8 Å². The van der Waals surface area contributed by atoms with Crippen molar-refractivity contribution < 1.29 is 13.9 Å². The molecule has 0 unspecified atom stereocenters. The number of carbonyl (C=O) groups excluding carboxylic acids is 1. The predicted molar refractivity (Wildman–Crippen MR) is 81.5 cm³/mol. The van der Waals surface area contributed by atoms with E-state index in [1.807, 2.05) is 12.1 Å². The Hall–Kier alpha value is -2.15. The van der Waals surface area contributed by atoms with E-state index in [9.17, 15) is 9.18 Å². The number of rotatable bonds is 5. The van der Waals surface area contributed by atoms with E-state index in [-0.39, 0.29) is 17.9 Å². The molecule has 116 valence electrons. The van der Waals surface area contributed by atoms with Crippen LogP contribution in [0, 0.1) is 23.1 Å². The lowest BCUT2D eigenvalue weighted by atomic mass is 9.84. The molecule has 4 heteroatoms. The average molecular weight is 301 g/mol. The summed E-state index contributed by atoms with van der Waals surface area (Å²) in [7, 11) is 0. The Kier molecular flexibility index (Phi) is 6.14. The minimum Gasteiger partial charge on any atom is -0.459 e. The molecule has 1 aliphatic carbocycles. The Labute approximate surface area is 130 Å². The number of halogens is 1. The van der Waals surface area contributed by atoms with Gasteiger partial charge in [0.05, 0.1) is 11.6 Å². The second-order valence-electron chi connectivity index (χ2n) is 5.66. The van der Waals surface area contributed by atoms with E-state index in [4.69, 9.17) is 10.00 Å². The van der Waals surface area contributed by atoms with Gasteiger partial charge in [-0.2, -0.15) is 5.26 Å². The number of allylic oxidation sites excluding steroid dienone is 2. The van der Waals surface area contributed by atoms with Crippen molar-refractivity contribution in [3.63, 3.8) is 0 Å². The first kappa shape index (κ1) is 16.2. The lowest BCUT2D eigenvalue weighted by molar-refractivity contribution is 0.0162. The van der Waals surface area contributed by atoms with Crippen LogP contribution in [0.3, 0.4) is 0 Å². The van der Waals surface area contributed by atoms with Crippen molar-refractivity contribution >= 4 is 5.97 Å². The number of nitriles is 1. The Morgan fingerprint density at radius 1 is 1.27 bits per heavy atom. The van der Waals surface area contributed by atoms with Crippen LogP contribution in [0.15, 0.2) is 36.4 Å². The summed E-state index contributed by atoms with van der Waals surface area (Å²) in [6, 6.07) is 7.42. The van der Waals surface area contributed by atoms with Gasteiger partial charge in [0, 0.05) is 6.08 Å². The Morgan fingerprint density at radius 3 is 2.59 bits per heavy atom. The van der Waals surface area contributed by atoms with Crippen LogP contribution >= 0.6 is 0 Å². The van der Waals surface area contributed by atoms with Gasteiger partial charge in [0.2, 0.25) is 0 Å². The number of carbonyl (C=O) groups is 1. The molecular weight excluding hydrogens is 281 g/mol. The molecule has 1 aromatic rings. The van der Waals surface area contributed by atoms with E-state index in [0.29, 0.717) is 11.5 Å². The normalized spacial score (nSPS) is 21.5. The minimum absolute atomic E-state index is 0.0385. The van der Waals surface area contributed by atoms with Gasteiger partial charge in [0.15, 0.2) is 0 Å². The van der Waals surface area contributed by atoms with Gasteiger partial charge in [-0.25, -0.2) is 9.18 Å². The van der Waals surface area contributed by atoms with Crippen LogP contribution in [-0.2, 0) is 4.74 Å². The van der Waals surface area contributed by atoms with Gasteiger partial charge in [-0.1, -0.05) is 6.08 Å². The molecule has 2 rings (SSSR count). The first-order valence-corrected chi connectivity index (χ1v) is 7.70. The lowest BCUT2D eigenvalue weighted by Crippen LogP contribution is -2.24. The van der Waals surface area contributed by atoms with Crippen molar-refractivity contribution in [1.82, 2.24) is 0 Å². The van der Waals surface area contributed by atoms with Crippen molar-refractivity contribution in [1.29, 1.82) is 5.26 Å². The topological polar surface area (TPSA) is 50.1 Å². The van der Waals surface area contributed by atoms with E-state index in [2.05, 4.69) is 0 Å². The number of hydrogen-bond donors (Lipinski definition) is 0. The molecule has 0 atom stereocenters. The Balaban J connectivity index is 1.73. The molecule has 1 aliphatic rings. The van der Waals surface area contributed by atoms with E-state index in [0.717, 1.165) is 38.5 Å². The van der Waals surface area contributed by atoms with Gasteiger partial charge < -0.3 is 4.74 Å². The summed E-state index contributed by atoms with van der Waals surface area (Å²) >= 11 is 0. The molecule has 22 heavy (non-hydrogen) atoms. The molecule has 3 nitrogen and oxygen atoms in total. The van der Waals surface area contributed by atoms with E-state index < -0.39 is 0 Å². The maximum Gasteiger partial charge on any atom is 0.338 e. The van der Waals surface area contributed by atoms with Crippen molar-refractivity contribution in [2.24, 2.45) is 5.92 Å². The summed E-state index contributed by atoms with van der Waals surface area (Å²) in [4.78, 5) is 12.0. The first-order valence-electron chi connectivity index (χ1n) is 7.70. The summed E-state index contributed by atoms with van der Waals surface area (Å²) in [6.07, 6.45) is 9.23. The van der Waals surface area contributed by atoms with Gasteiger partial charge >= 0.3 is 5.97 Å². The molecule has 1 aromatic carbocycles. The highest BCUT2D eigenvalue weighted by Crippen LogP contribution is 2.30. The molecule has 0 radical (unpaired) electrons. The third-order valence-corrected chi connectivity index (χ3v) is 4.08. The molecule has 0 aromatic heterocycles. The Bertz CT molecular complexity index is 551. The van der Waals surface area contributed by atoms with Crippen LogP contribution < -0.4 is 0 Å². The number of nitrogens with zero attached hydrogens (tertiary/aromatic N) is 1. The van der Waals surface area contributed by atoms with E-state index in [1.54, 1.807) is 0 Å². The summed E-state index contributed by atoms with van der Waals surface area (Å²) in [5.41, 5.74) is 0.394. The molecule has 0 heterocycles. The second-order valence-corrected chi connectivity index (χ2v) is 5.66. The largest absolute Gasteiger partial charge is 0.459 e. The van der Waals surface area contributed by atoms with Crippen LogP contribution in [0.4, 0.5) is 4.39 Å². The van der Waals surface area contributed by atoms with E-state index in [1.165, 1.54) is 30.3 Å². The van der Waals surface area contributed by atoms with Crippen LogP contribution in [-0.4, -0.2) is 12.1 Å². The lowest BCUT2D eigenvalue weighted by Gasteiger charge is -2.28. The van der Waals surface area contributed by atoms with Gasteiger partial charge in [-0.05, 0) is 68.7 Å². The third-order valence-electron chi connectivity index (χ3n) is 4.08. The number of ether oxygens (including phenoxy) is 1. The SMILES string of the molecule is N#CC=CCC[C@H]1CC[C@H](OC(=O)c2ccc(F)cc2)CC1. The highest BCUT2D eigenvalue weighted by Gasteiger charge is 2.23. The molecule has 0 N–H and O–H groups in total. The molecule has 0 bridgehead atoms. The summed E-state index contributed by atoms with van der Waals surface area (Å²) < 4.78 is 18.3. The second kappa shape index (κ2) is 8.33. The van der Waals surface area contributed by atoms with Gasteiger partial charge in [-0.15, -0.1) is 0 Å². The zero-order chi connectivity index (χ0) is 15.8. The number of benzene rings is 1. The van der Waals surface area contributed by atoms with Crippen LogP contribution in [0.1, 0.15) is 48.9 Å². The standard InChI is InChI=1S/C18H20FNO2/c19-16-9-7-15(8-10-16)18(21)22-17-11-5-14(6-12-17)4-2-1-3-13-20/h1,3,7-10,14,17H,2,4-6,11-12H2/t14-,17-. The Morgan fingerprint density at radius 2 is 1.95 bits per heavy atom. The van der Waals surface area contributed by atoms with Crippen molar-refractivity contribution in [2.45, 2.75) is 44.6 Å². The maximum absolute atomic E-state index is 12.8. The fourth-order valence-electron chi connectivity index (χ4n) is 2.81. The van der Waals surface area contributed by atoms with Crippen molar-refractivity contribution in [2.75, 3.05) is 0 Å². The maximum atomic E-state index is 12.8. The third kappa shape index (κ3) is 5.00. The van der Waals surface area contributed by atoms with Gasteiger partial charge in [0.1, 0.15) is 11.9 Å². The molecule has 0 amide bonds. The monoisotopic (exact) mass is 301 g/mol. The number of hydrogen-bond acceptors (Lipinski definition) is 3. The van der Waals surface area contributed by atoms with Gasteiger partial charge in [-0.3, -0.25) is 0 Å². The fraction of sp³-hybridized carbons (Fsp3) is 0.444. The van der Waals surface area contributed by atoms with Crippen LogP contribution in [0.2, 0.25) is 0 Å². The molecule has 1 saturated carbocycles. The highest BCUT2D eigenvalue weighted by molar-refractivity contribution is 5.89. The molecule has 0 aliphatic heterocycles. The average Bonchev–Trinajstić information content (AvgIpc) is 2.54.